The molecule has 0 spiro atoms. The van der Waals surface area contributed by atoms with Crippen molar-refractivity contribution in [3.05, 3.63) is 36.0 Å². The quantitative estimate of drug-likeness (QED) is 0.771. The second-order valence-electron chi connectivity index (χ2n) is 9.29. The molecule has 5 aliphatic rings. The predicted octanol–water partition coefficient (Wildman–Crippen LogP) is 3.86. The van der Waals surface area contributed by atoms with Crippen LogP contribution in [0.4, 0.5) is 0 Å². The highest BCUT2D eigenvalue weighted by atomic mass is 16.1. The summed E-state index contributed by atoms with van der Waals surface area (Å²) in [5, 5.41) is 3.46. The summed E-state index contributed by atoms with van der Waals surface area (Å²) in [5.41, 5.74) is 1.65. The molecule has 2 heteroatoms. The Kier molecular flexibility index (Phi) is 2.57. The minimum absolute atomic E-state index is 0.206. The van der Waals surface area contributed by atoms with E-state index in [-0.39, 0.29) is 11.3 Å². The van der Waals surface area contributed by atoms with Gasteiger partial charge in [-0.1, -0.05) is 51.2 Å². The van der Waals surface area contributed by atoms with Gasteiger partial charge in [-0.25, -0.2) is 0 Å². The number of hydrogen-bond donors (Lipinski definition) is 1. The Hall–Kier alpha value is -1.31. The lowest BCUT2D eigenvalue weighted by atomic mass is 9.69. The van der Waals surface area contributed by atoms with Crippen LogP contribution in [-0.4, -0.2) is 11.9 Å². The lowest BCUT2D eigenvalue weighted by Crippen LogP contribution is -2.47. The molecule has 7 atom stereocenters. The molecule has 5 rings (SSSR count). The second kappa shape index (κ2) is 4.20. The van der Waals surface area contributed by atoms with Gasteiger partial charge in [0.05, 0.1) is 0 Å². The number of hydrogen-bond acceptors (Lipinski definition) is 1. The summed E-state index contributed by atoms with van der Waals surface area (Å²) in [5.74, 6) is 2.96. The van der Waals surface area contributed by atoms with E-state index in [2.05, 4.69) is 56.5 Å². The molecule has 2 nitrogen and oxygen atoms in total. The maximum atomic E-state index is 13.0. The fraction of sp³-hybridized carbons (Fsp3) is 0.667. The first-order valence-corrected chi connectivity index (χ1v) is 9.31. The molecule has 1 amide bonds. The van der Waals surface area contributed by atoms with Crippen LogP contribution in [0.15, 0.2) is 36.0 Å². The molecule has 2 bridgehead atoms. The van der Waals surface area contributed by atoms with Crippen molar-refractivity contribution in [2.75, 3.05) is 0 Å². The zero-order valence-electron chi connectivity index (χ0n) is 14.4. The Bertz CT molecular complexity index is 669. The molecule has 0 radical (unpaired) electrons. The summed E-state index contributed by atoms with van der Waals surface area (Å²) in [6, 6.07) is 0.349. The van der Waals surface area contributed by atoms with Gasteiger partial charge >= 0.3 is 0 Å². The van der Waals surface area contributed by atoms with Gasteiger partial charge in [0.25, 0.3) is 0 Å². The van der Waals surface area contributed by atoms with E-state index in [0.29, 0.717) is 35.1 Å². The van der Waals surface area contributed by atoms with Crippen LogP contribution in [0.2, 0.25) is 0 Å². The third-order valence-electron chi connectivity index (χ3n) is 8.49. The Morgan fingerprint density at radius 1 is 1.13 bits per heavy atom. The van der Waals surface area contributed by atoms with Gasteiger partial charge < -0.3 is 5.32 Å². The first kappa shape index (κ1) is 14.1. The summed E-state index contributed by atoms with van der Waals surface area (Å²) in [4.78, 5) is 13.0. The van der Waals surface area contributed by atoms with E-state index in [1.54, 1.807) is 0 Å². The Morgan fingerprint density at radius 3 is 2.57 bits per heavy atom. The Morgan fingerprint density at radius 2 is 1.87 bits per heavy atom. The van der Waals surface area contributed by atoms with Crippen LogP contribution in [0, 0.1) is 40.4 Å². The van der Waals surface area contributed by atoms with Gasteiger partial charge in [0.1, 0.15) is 0 Å². The second-order valence-corrected chi connectivity index (χ2v) is 9.29. The highest BCUT2D eigenvalue weighted by Crippen LogP contribution is 2.65. The molecule has 122 valence electrons. The van der Waals surface area contributed by atoms with Crippen LogP contribution in [0.25, 0.3) is 0 Å². The van der Waals surface area contributed by atoms with Crippen LogP contribution in [0.5, 0.6) is 0 Å². The van der Waals surface area contributed by atoms with Gasteiger partial charge in [0.2, 0.25) is 5.91 Å². The Labute approximate surface area is 139 Å². The van der Waals surface area contributed by atoms with Gasteiger partial charge in [-0.15, -0.1) is 0 Å². The van der Waals surface area contributed by atoms with E-state index >= 15 is 0 Å². The van der Waals surface area contributed by atoms with Crippen LogP contribution in [0.1, 0.15) is 40.0 Å². The van der Waals surface area contributed by atoms with Crippen molar-refractivity contribution in [2.24, 2.45) is 40.4 Å². The fourth-order valence-electron chi connectivity index (χ4n) is 6.50. The molecule has 0 saturated heterocycles. The van der Waals surface area contributed by atoms with Crippen molar-refractivity contribution < 1.29 is 4.79 Å². The lowest BCUT2D eigenvalue weighted by molar-refractivity contribution is -0.119. The van der Waals surface area contributed by atoms with E-state index in [1.165, 1.54) is 19.3 Å². The molecule has 0 unspecified atom stereocenters. The van der Waals surface area contributed by atoms with Gasteiger partial charge in [-0.3, -0.25) is 4.79 Å². The molecular weight excluding hydrogens is 282 g/mol. The molecule has 1 N–H and O–H groups in total. The molecular formula is C21H27NO. The smallest absolute Gasteiger partial charge is 0.247 e. The van der Waals surface area contributed by atoms with Gasteiger partial charge in [0, 0.05) is 23.5 Å². The maximum Gasteiger partial charge on any atom is 0.247 e. The third kappa shape index (κ3) is 1.58. The first-order valence-electron chi connectivity index (χ1n) is 9.31. The fourth-order valence-corrected chi connectivity index (χ4v) is 6.50. The minimum Gasteiger partial charge on any atom is -0.349 e. The van der Waals surface area contributed by atoms with Crippen molar-refractivity contribution >= 4 is 5.91 Å². The number of carbonyl (C=O) groups excluding carboxylic acids is 1. The zero-order chi connectivity index (χ0) is 16.0. The maximum absolute atomic E-state index is 13.0. The molecule has 5 aliphatic carbocycles. The molecule has 0 aromatic rings. The number of fused-ring (bicyclic) bond motifs is 2. The van der Waals surface area contributed by atoms with Crippen molar-refractivity contribution in [3.8, 4) is 0 Å². The van der Waals surface area contributed by atoms with Crippen LogP contribution in [0.3, 0.4) is 0 Å². The highest BCUT2D eigenvalue weighted by Gasteiger charge is 2.61. The molecule has 0 heterocycles. The number of amides is 1. The summed E-state index contributed by atoms with van der Waals surface area (Å²) < 4.78 is 0. The molecule has 0 aliphatic heterocycles. The summed E-state index contributed by atoms with van der Waals surface area (Å²) >= 11 is 0. The molecule has 2 fully saturated rings. The standard InChI is InChI=1S/C21H27NO/c1-20(2)14-8-9-21(20,3)17(11-14)22-19(23)16-10-13-5-4-12-6-7-15(16)18(12)13/h4-7,10,12-15,17-18H,8-9,11H2,1-3H3,(H,22,23)/t12-,13-,14-,15+,17+,18-,21+/m0/s1. The van der Waals surface area contributed by atoms with Crippen molar-refractivity contribution in [2.45, 2.75) is 46.1 Å². The lowest BCUT2D eigenvalue weighted by Gasteiger charge is -2.39. The SMILES string of the molecule is CC1(C)[C@H]2CC[C@]1(C)[C@H](NC(=O)C1=C[C@@H]3C=C[C@H]4C=C[C@H]1[C@@H]43)C2. The largest absolute Gasteiger partial charge is 0.349 e. The van der Waals surface area contributed by atoms with E-state index in [0.717, 1.165) is 11.5 Å². The van der Waals surface area contributed by atoms with E-state index in [9.17, 15) is 4.79 Å². The minimum atomic E-state index is 0.206. The van der Waals surface area contributed by atoms with Crippen molar-refractivity contribution in [1.29, 1.82) is 0 Å². The van der Waals surface area contributed by atoms with E-state index in [1.807, 2.05) is 0 Å². The van der Waals surface area contributed by atoms with E-state index < -0.39 is 0 Å². The van der Waals surface area contributed by atoms with Crippen molar-refractivity contribution in [3.63, 3.8) is 0 Å². The predicted molar refractivity (Wildman–Crippen MR) is 91.5 cm³/mol. The van der Waals surface area contributed by atoms with Gasteiger partial charge in [0.15, 0.2) is 0 Å². The first-order chi connectivity index (χ1) is 10.9. The molecule has 2 saturated carbocycles. The number of carbonyl (C=O) groups is 1. The third-order valence-corrected chi connectivity index (χ3v) is 8.49. The molecule has 0 aromatic heterocycles. The normalized spacial score (nSPS) is 50.5. The van der Waals surface area contributed by atoms with Crippen molar-refractivity contribution in [1.82, 2.24) is 5.32 Å². The van der Waals surface area contributed by atoms with Crippen LogP contribution < -0.4 is 5.32 Å². The highest BCUT2D eigenvalue weighted by molar-refractivity contribution is 5.95. The van der Waals surface area contributed by atoms with Crippen LogP contribution in [-0.2, 0) is 4.79 Å². The van der Waals surface area contributed by atoms with Crippen LogP contribution >= 0.6 is 0 Å². The number of rotatable bonds is 2. The molecule has 0 aromatic carbocycles. The van der Waals surface area contributed by atoms with Gasteiger partial charge in [-0.2, -0.15) is 0 Å². The average Bonchev–Trinajstić information content (AvgIpc) is 3.23. The summed E-state index contributed by atoms with van der Waals surface area (Å²) in [6.07, 6.45) is 15.2. The zero-order valence-corrected chi connectivity index (χ0v) is 14.4. The van der Waals surface area contributed by atoms with E-state index in [4.69, 9.17) is 0 Å². The Balaban J connectivity index is 1.38. The number of allylic oxidation sites excluding steroid dienone is 5. The summed E-state index contributed by atoms with van der Waals surface area (Å²) in [6.45, 7) is 7.22. The summed E-state index contributed by atoms with van der Waals surface area (Å²) in [7, 11) is 0. The van der Waals surface area contributed by atoms with Gasteiger partial charge in [-0.05, 0) is 47.8 Å². The average molecular weight is 309 g/mol. The number of nitrogens with one attached hydrogen (secondary N) is 1. The molecule has 23 heavy (non-hydrogen) atoms. The monoisotopic (exact) mass is 309 g/mol. The topological polar surface area (TPSA) is 29.1 Å².